The van der Waals surface area contributed by atoms with E-state index < -0.39 is 10.8 Å². The monoisotopic (exact) mass is 358 g/mol. The molecule has 116 valence electrons. The Balaban J connectivity index is 2.10. The molecule has 0 radical (unpaired) electrons. The van der Waals surface area contributed by atoms with E-state index in [1.54, 1.807) is 11.8 Å². The van der Waals surface area contributed by atoms with E-state index >= 15 is 0 Å². The second kappa shape index (κ2) is 7.52. The van der Waals surface area contributed by atoms with Crippen LogP contribution < -0.4 is 5.32 Å². The minimum absolute atomic E-state index is 0.0179. The molecule has 0 saturated carbocycles. The molecular weight excluding hydrogens is 348 g/mol. The first-order chi connectivity index (χ1) is 10.5. The molecule has 7 nitrogen and oxygen atoms in total. The zero-order valence-electron chi connectivity index (χ0n) is 11.4. The van der Waals surface area contributed by atoms with Gasteiger partial charge in [0, 0.05) is 17.4 Å². The topological polar surface area (TPSA) is 98.0 Å². The van der Waals surface area contributed by atoms with Crippen molar-refractivity contribution in [3.63, 3.8) is 0 Å². The lowest BCUT2D eigenvalue weighted by Gasteiger charge is -2.02. The molecule has 2 aromatic rings. The van der Waals surface area contributed by atoms with Gasteiger partial charge in [-0.25, -0.2) is 0 Å². The van der Waals surface area contributed by atoms with E-state index in [1.165, 1.54) is 23.5 Å². The van der Waals surface area contributed by atoms with Crippen LogP contribution in [-0.2, 0) is 0 Å². The van der Waals surface area contributed by atoms with Gasteiger partial charge in [-0.15, -0.1) is 10.2 Å². The third-order valence-corrected chi connectivity index (χ3v) is 4.96. The van der Waals surface area contributed by atoms with Gasteiger partial charge in [-0.05, 0) is 18.6 Å². The predicted molar refractivity (Wildman–Crippen MR) is 87.0 cm³/mol. The van der Waals surface area contributed by atoms with E-state index in [4.69, 9.17) is 11.6 Å². The average Bonchev–Trinajstić information content (AvgIpc) is 2.92. The van der Waals surface area contributed by atoms with Gasteiger partial charge in [0.15, 0.2) is 4.34 Å². The molecule has 0 spiro atoms. The Hall–Kier alpha value is -1.71. The summed E-state index contributed by atoms with van der Waals surface area (Å²) >= 11 is 8.53. The molecule has 1 amide bonds. The Labute approximate surface area is 139 Å². The molecule has 0 aliphatic heterocycles. The maximum atomic E-state index is 12.1. The first-order valence-electron chi connectivity index (χ1n) is 6.23. The molecular formula is C12H11ClN4O3S2. The molecule has 0 unspecified atom stereocenters. The Morgan fingerprint density at radius 3 is 2.95 bits per heavy atom. The molecule has 22 heavy (non-hydrogen) atoms. The number of rotatable bonds is 6. The zero-order valence-corrected chi connectivity index (χ0v) is 13.8. The van der Waals surface area contributed by atoms with Crippen molar-refractivity contribution in [3.05, 3.63) is 38.9 Å². The number of anilines is 1. The maximum absolute atomic E-state index is 12.1. The van der Waals surface area contributed by atoms with Crippen molar-refractivity contribution in [2.45, 2.75) is 17.7 Å². The third kappa shape index (κ3) is 4.15. The van der Waals surface area contributed by atoms with Crippen molar-refractivity contribution in [2.75, 3.05) is 11.1 Å². The van der Waals surface area contributed by atoms with Crippen molar-refractivity contribution in [3.8, 4) is 0 Å². The Bertz CT molecular complexity index is 707. The summed E-state index contributed by atoms with van der Waals surface area (Å²) in [6.07, 6.45) is 1.01. The standard InChI is InChI=1S/C12H11ClN4O3S2/c1-2-5-21-12-16-15-11(22-12)14-10(18)7-3-4-8(13)9(6-7)17(19)20/h3-4,6H,2,5H2,1H3,(H,14,15,18). The van der Waals surface area contributed by atoms with Crippen LogP contribution in [0.25, 0.3) is 0 Å². The molecule has 0 aliphatic rings. The lowest BCUT2D eigenvalue weighted by Crippen LogP contribution is -2.12. The fourth-order valence-electron chi connectivity index (χ4n) is 1.47. The molecule has 2 rings (SSSR count). The molecule has 1 N–H and O–H groups in total. The number of nitro groups is 1. The molecule has 1 heterocycles. The molecule has 0 atom stereocenters. The van der Waals surface area contributed by atoms with E-state index in [1.807, 2.05) is 0 Å². The molecule has 1 aromatic carbocycles. The van der Waals surface area contributed by atoms with Crippen LogP contribution in [0.15, 0.2) is 22.5 Å². The fraction of sp³-hybridized carbons (Fsp3) is 0.250. The number of nitro benzene ring substituents is 1. The van der Waals surface area contributed by atoms with Gasteiger partial charge in [0.2, 0.25) is 5.13 Å². The summed E-state index contributed by atoms with van der Waals surface area (Å²) in [5, 5.41) is 21.5. The number of carbonyl (C=O) groups is 1. The van der Waals surface area contributed by atoms with E-state index in [2.05, 4.69) is 22.4 Å². The maximum Gasteiger partial charge on any atom is 0.288 e. The SMILES string of the molecule is CCCSc1nnc(NC(=O)c2ccc(Cl)c([N+](=O)[O-])c2)s1. The van der Waals surface area contributed by atoms with Crippen LogP contribution in [-0.4, -0.2) is 26.8 Å². The smallest absolute Gasteiger partial charge is 0.288 e. The quantitative estimate of drug-likeness (QED) is 0.364. The molecule has 10 heteroatoms. The van der Waals surface area contributed by atoms with Crippen LogP contribution in [0.2, 0.25) is 5.02 Å². The van der Waals surface area contributed by atoms with Gasteiger partial charge in [-0.3, -0.25) is 20.2 Å². The number of carbonyl (C=O) groups excluding carboxylic acids is 1. The van der Waals surface area contributed by atoms with Crippen LogP contribution in [0.4, 0.5) is 10.8 Å². The van der Waals surface area contributed by atoms with Crippen LogP contribution in [0.3, 0.4) is 0 Å². The third-order valence-electron chi connectivity index (χ3n) is 2.46. The summed E-state index contributed by atoms with van der Waals surface area (Å²) in [6, 6.07) is 3.86. The molecule has 1 aromatic heterocycles. The lowest BCUT2D eigenvalue weighted by molar-refractivity contribution is -0.384. The second-order valence-corrected chi connectivity index (χ2v) is 6.83. The van der Waals surface area contributed by atoms with E-state index in [0.717, 1.165) is 22.6 Å². The summed E-state index contributed by atoms with van der Waals surface area (Å²) in [5.41, 5.74) is -0.181. The first kappa shape index (κ1) is 16.7. The number of amides is 1. The van der Waals surface area contributed by atoms with Crippen LogP contribution in [0.5, 0.6) is 0 Å². The highest BCUT2D eigenvalue weighted by Gasteiger charge is 2.17. The molecule has 0 bridgehead atoms. The van der Waals surface area contributed by atoms with Crippen molar-refractivity contribution < 1.29 is 9.72 Å². The van der Waals surface area contributed by atoms with Crippen LogP contribution >= 0.6 is 34.7 Å². The van der Waals surface area contributed by atoms with Gasteiger partial charge in [0.05, 0.1) is 4.92 Å². The van der Waals surface area contributed by atoms with Gasteiger partial charge in [0.1, 0.15) is 5.02 Å². The fourth-order valence-corrected chi connectivity index (χ4v) is 3.33. The highest BCUT2D eigenvalue weighted by Crippen LogP contribution is 2.28. The predicted octanol–water partition coefficient (Wildman–Crippen LogP) is 3.85. The Morgan fingerprint density at radius 1 is 1.50 bits per heavy atom. The average molecular weight is 359 g/mol. The Morgan fingerprint density at radius 2 is 2.27 bits per heavy atom. The normalized spacial score (nSPS) is 10.5. The summed E-state index contributed by atoms with van der Waals surface area (Å²) in [5.74, 6) is 0.425. The van der Waals surface area contributed by atoms with E-state index in [9.17, 15) is 14.9 Å². The highest BCUT2D eigenvalue weighted by molar-refractivity contribution is 8.01. The van der Waals surface area contributed by atoms with Gasteiger partial charge in [-0.2, -0.15) is 0 Å². The van der Waals surface area contributed by atoms with E-state index in [0.29, 0.717) is 5.13 Å². The molecule has 0 saturated heterocycles. The number of thioether (sulfide) groups is 1. The van der Waals surface area contributed by atoms with Gasteiger partial charge in [0.25, 0.3) is 11.6 Å². The second-order valence-electron chi connectivity index (χ2n) is 4.10. The van der Waals surface area contributed by atoms with E-state index in [-0.39, 0.29) is 16.3 Å². The lowest BCUT2D eigenvalue weighted by atomic mass is 10.2. The van der Waals surface area contributed by atoms with Crippen LogP contribution in [0.1, 0.15) is 23.7 Å². The largest absolute Gasteiger partial charge is 0.296 e. The van der Waals surface area contributed by atoms with Crippen molar-refractivity contribution >= 4 is 51.4 Å². The van der Waals surface area contributed by atoms with Crippen LogP contribution in [0, 0.1) is 10.1 Å². The number of hydrogen-bond donors (Lipinski definition) is 1. The number of hydrogen-bond acceptors (Lipinski definition) is 7. The molecule has 0 fully saturated rings. The summed E-state index contributed by atoms with van der Waals surface area (Å²) < 4.78 is 0.763. The summed E-state index contributed by atoms with van der Waals surface area (Å²) in [4.78, 5) is 22.3. The number of halogens is 1. The van der Waals surface area contributed by atoms with Gasteiger partial charge < -0.3 is 0 Å². The Kier molecular flexibility index (Phi) is 5.69. The van der Waals surface area contributed by atoms with Crippen molar-refractivity contribution in [1.82, 2.24) is 10.2 Å². The van der Waals surface area contributed by atoms with Crippen molar-refractivity contribution in [1.29, 1.82) is 0 Å². The number of nitrogens with one attached hydrogen (secondary N) is 1. The number of aromatic nitrogens is 2. The zero-order chi connectivity index (χ0) is 16.1. The van der Waals surface area contributed by atoms with Crippen molar-refractivity contribution in [2.24, 2.45) is 0 Å². The first-order valence-corrected chi connectivity index (χ1v) is 8.41. The van der Waals surface area contributed by atoms with Gasteiger partial charge >= 0.3 is 0 Å². The van der Waals surface area contributed by atoms with Gasteiger partial charge in [-0.1, -0.05) is 41.6 Å². The summed E-state index contributed by atoms with van der Waals surface area (Å²) in [7, 11) is 0. The number of benzene rings is 1. The minimum atomic E-state index is -0.635. The minimum Gasteiger partial charge on any atom is -0.296 e. The highest BCUT2D eigenvalue weighted by atomic mass is 35.5. The summed E-state index contributed by atoms with van der Waals surface area (Å²) in [6.45, 7) is 2.06. The molecule has 0 aliphatic carbocycles. The number of nitrogens with zero attached hydrogens (tertiary/aromatic N) is 3.